The lowest BCUT2D eigenvalue weighted by Gasteiger charge is -2.17. The van der Waals surface area contributed by atoms with Crippen LogP contribution in [0.2, 0.25) is 0 Å². The molecular formula is C46H26O2. The Morgan fingerprint density at radius 3 is 1.52 bits per heavy atom. The summed E-state index contributed by atoms with van der Waals surface area (Å²) in [6.07, 6.45) is 0. The van der Waals surface area contributed by atoms with Crippen molar-refractivity contribution in [3.05, 3.63) is 158 Å². The maximum atomic E-state index is 6.35. The molecule has 0 fully saturated rings. The van der Waals surface area contributed by atoms with E-state index >= 15 is 0 Å². The minimum Gasteiger partial charge on any atom is -0.456 e. The molecule has 2 nitrogen and oxygen atoms in total. The Bertz CT molecular complexity index is 3050. The van der Waals surface area contributed by atoms with Crippen LogP contribution in [0.1, 0.15) is 0 Å². The molecule has 0 aliphatic carbocycles. The fourth-order valence-electron chi connectivity index (χ4n) is 8.00. The molecule has 48 heavy (non-hydrogen) atoms. The van der Waals surface area contributed by atoms with E-state index in [1.807, 2.05) is 24.3 Å². The molecule has 2 heteroatoms. The molecule has 11 aromatic rings. The van der Waals surface area contributed by atoms with Gasteiger partial charge in [0, 0.05) is 27.1 Å². The van der Waals surface area contributed by atoms with E-state index in [1.165, 1.54) is 54.6 Å². The van der Waals surface area contributed by atoms with Gasteiger partial charge in [-0.3, -0.25) is 0 Å². The first-order valence-electron chi connectivity index (χ1n) is 16.4. The van der Waals surface area contributed by atoms with Gasteiger partial charge in [-0.05, 0) is 84.4 Å². The molecule has 0 bridgehead atoms. The molecule has 0 saturated heterocycles. The van der Waals surface area contributed by atoms with Crippen LogP contribution in [0.25, 0.3) is 110 Å². The Hall–Kier alpha value is -6.38. The predicted molar refractivity (Wildman–Crippen MR) is 201 cm³/mol. The lowest BCUT2D eigenvalue weighted by molar-refractivity contribution is 0.669. The molecule has 0 amide bonds. The van der Waals surface area contributed by atoms with Crippen molar-refractivity contribution in [2.45, 2.75) is 0 Å². The van der Waals surface area contributed by atoms with Crippen LogP contribution in [0.5, 0.6) is 0 Å². The minimum atomic E-state index is 0.919. The Labute approximate surface area is 275 Å². The summed E-state index contributed by atoms with van der Waals surface area (Å²) in [5.41, 5.74) is 10.8. The van der Waals surface area contributed by atoms with Crippen LogP contribution in [-0.4, -0.2) is 0 Å². The van der Waals surface area contributed by atoms with Crippen molar-refractivity contribution in [1.82, 2.24) is 0 Å². The molecule has 222 valence electrons. The lowest BCUT2D eigenvalue weighted by atomic mass is 9.87. The van der Waals surface area contributed by atoms with Gasteiger partial charge in [-0.1, -0.05) is 133 Å². The standard InChI is InChI=1S/C46H26O2/c1-4-11-42-35(6-1)39-9-5-8-34(46(39)48-42)28-14-12-27(13-15-28)32-21-16-29-19-24-38-33(22-17-30-18-23-37(32)44(29)45(30)38)31-20-25-43-40(26-31)36-7-2-3-10-41(36)47-43/h1-26H. The molecule has 0 N–H and O–H groups in total. The smallest absolute Gasteiger partial charge is 0.143 e. The second kappa shape index (κ2) is 9.57. The number of furan rings is 2. The maximum Gasteiger partial charge on any atom is 0.143 e. The molecule has 2 heterocycles. The molecule has 2 aromatic heterocycles. The highest BCUT2D eigenvalue weighted by atomic mass is 16.3. The molecule has 0 radical (unpaired) electrons. The summed E-state index contributed by atoms with van der Waals surface area (Å²) in [6.45, 7) is 0. The number of hydrogen-bond acceptors (Lipinski definition) is 2. The van der Waals surface area contributed by atoms with Crippen LogP contribution in [-0.2, 0) is 0 Å². The summed E-state index contributed by atoms with van der Waals surface area (Å²) in [5, 5.41) is 12.3. The summed E-state index contributed by atoms with van der Waals surface area (Å²) < 4.78 is 12.5. The van der Waals surface area contributed by atoms with Crippen molar-refractivity contribution < 1.29 is 8.83 Å². The summed E-state index contributed by atoms with van der Waals surface area (Å²) >= 11 is 0. The van der Waals surface area contributed by atoms with Gasteiger partial charge in [0.2, 0.25) is 0 Å². The molecule has 0 atom stereocenters. The van der Waals surface area contributed by atoms with Gasteiger partial charge in [0.15, 0.2) is 0 Å². The molecule has 0 aliphatic rings. The SMILES string of the molecule is c1ccc2c(c1)oc1ccc(-c3ccc4ccc5c(-c6ccc(-c7cccc8c7oc7ccccc78)cc6)ccc6ccc3c4c65)cc12. The van der Waals surface area contributed by atoms with E-state index in [0.29, 0.717) is 0 Å². The Morgan fingerprint density at radius 2 is 0.812 bits per heavy atom. The molecule has 0 saturated carbocycles. The Morgan fingerprint density at radius 1 is 0.292 bits per heavy atom. The van der Waals surface area contributed by atoms with Crippen LogP contribution in [0.15, 0.2) is 167 Å². The van der Waals surface area contributed by atoms with Gasteiger partial charge >= 0.3 is 0 Å². The summed E-state index contributed by atoms with van der Waals surface area (Å²) in [5.74, 6) is 0. The second-order valence-corrected chi connectivity index (χ2v) is 12.8. The summed E-state index contributed by atoms with van der Waals surface area (Å²) in [4.78, 5) is 0. The highest BCUT2D eigenvalue weighted by molar-refractivity contribution is 6.27. The van der Waals surface area contributed by atoms with E-state index in [9.17, 15) is 0 Å². The summed E-state index contributed by atoms with van der Waals surface area (Å²) in [7, 11) is 0. The first kappa shape index (κ1) is 25.8. The predicted octanol–water partition coefficient (Wildman–Crippen LogP) is 13.4. The van der Waals surface area contributed by atoms with Gasteiger partial charge in [0.05, 0.1) is 0 Å². The highest BCUT2D eigenvalue weighted by Gasteiger charge is 2.17. The number of hydrogen-bond donors (Lipinski definition) is 0. The summed E-state index contributed by atoms with van der Waals surface area (Å²) in [6, 6.07) is 56.7. The van der Waals surface area contributed by atoms with Crippen LogP contribution in [0, 0.1) is 0 Å². The molecular weight excluding hydrogens is 585 g/mol. The van der Waals surface area contributed by atoms with Crippen LogP contribution >= 0.6 is 0 Å². The largest absolute Gasteiger partial charge is 0.456 e. The first-order valence-corrected chi connectivity index (χ1v) is 16.4. The third kappa shape index (κ3) is 3.57. The van der Waals surface area contributed by atoms with Gasteiger partial charge in [-0.15, -0.1) is 0 Å². The number of para-hydroxylation sites is 3. The zero-order valence-electron chi connectivity index (χ0n) is 25.8. The highest BCUT2D eigenvalue weighted by Crippen LogP contribution is 2.44. The van der Waals surface area contributed by atoms with E-state index in [1.54, 1.807) is 0 Å². The fourth-order valence-corrected chi connectivity index (χ4v) is 8.00. The van der Waals surface area contributed by atoms with Crippen LogP contribution in [0.4, 0.5) is 0 Å². The third-order valence-corrected chi connectivity index (χ3v) is 10.3. The van der Waals surface area contributed by atoms with Gasteiger partial charge in [0.1, 0.15) is 22.3 Å². The molecule has 0 aliphatic heterocycles. The van der Waals surface area contributed by atoms with Gasteiger partial charge in [0.25, 0.3) is 0 Å². The van der Waals surface area contributed by atoms with Crippen molar-refractivity contribution in [3.63, 3.8) is 0 Å². The normalized spacial score (nSPS) is 12.2. The fraction of sp³-hybridized carbons (Fsp3) is 0. The first-order chi connectivity index (χ1) is 23.8. The van der Waals surface area contributed by atoms with Gasteiger partial charge in [-0.2, -0.15) is 0 Å². The Kier molecular flexibility index (Phi) is 5.14. The quantitative estimate of drug-likeness (QED) is 0.186. The van der Waals surface area contributed by atoms with Crippen molar-refractivity contribution >= 4 is 76.2 Å². The van der Waals surface area contributed by atoms with Crippen LogP contribution < -0.4 is 0 Å². The zero-order valence-corrected chi connectivity index (χ0v) is 25.8. The Balaban J connectivity index is 1.06. The van der Waals surface area contributed by atoms with Crippen molar-refractivity contribution in [3.8, 4) is 33.4 Å². The van der Waals surface area contributed by atoms with Crippen molar-refractivity contribution in [2.75, 3.05) is 0 Å². The van der Waals surface area contributed by atoms with E-state index in [-0.39, 0.29) is 0 Å². The topological polar surface area (TPSA) is 26.3 Å². The van der Waals surface area contributed by atoms with Crippen molar-refractivity contribution in [2.24, 2.45) is 0 Å². The third-order valence-electron chi connectivity index (χ3n) is 10.3. The number of benzene rings is 9. The minimum absolute atomic E-state index is 0.919. The maximum absolute atomic E-state index is 6.35. The zero-order chi connectivity index (χ0) is 31.3. The second-order valence-electron chi connectivity index (χ2n) is 12.8. The average Bonchev–Trinajstić information content (AvgIpc) is 3.72. The van der Waals surface area contributed by atoms with E-state index in [0.717, 1.165) is 55.0 Å². The van der Waals surface area contributed by atoms with Gasteiger partial charge < -0.3 is 8.83 Å². The van der Waals surface area contributed by atoms with E-state index in [2.05, 4.69) is 133 Å². The monoisotopic (exact) mass is 610 g/mol. The molecule has 0 spiro atoms. The molecule has 0 unspecified atom stereocenters. The molecule has 11 rings (SSSR count). The lowest BCUT2D eigenvalue weighted by Crippen LogP contribution is -1.89. The van der Waals surface area contributed by atoms with Gasteiger partial charge in [-0.25, -0.2) is 0 Å². The van der Waals surface area contributed by atoms with E-state index < -0.39 is 0 Å². The molecule has 9 aromatic carbocycles. The van der Waals surface area contributed by atoms with Crippen molar-refractivity contribution in [1.29, 1.82) is 0 Å². The number of fused-ring (bicyclic) bond motifs is 6. The van der Waals surface area contributed by atoms with E-state index in [4.69, 9.17) is 8.83 Å². The van der Waals surface area contributed by atoms with Crippen LogP contribution in [0.3, 0.4) is 0 Å². The average molecular weight is 611 g/mol. The number of rotatable bonds is 3.